The zero-order chi connectivity index (χ0) is 16.8. The van der Waals surface area contributed by atoms with E-state index in [4.69, 9.17) is 4.74 Å². The lowest BCUT2D eigenvalue weighted by Gasteiger charge is -2.26. The summed E-state index contributed by atoms with van der Waals surface area (Å²) >= 11 is 0. The Bertz CT molecular complexity index is 352. The predicted molar refractivity (Wildman–Crippen MR) is 85.1 cm³/mol. The van der Waals surface area contributed by atoms with Gasteiger partial charge in [0.05, 0.1) is 0 Å². The average molecular weight is 300 g/mol. The van der Waals surface area contributed by atoms with Gasteiger partial charge in [-0.05, 0) is 38.5 Å². The maximum atomic E-state index is 12.2. The average Bonchev–Trinajstić information content (AvgIpc) is 2.20. The zero-order valence-electron chi connectivity index (χ0n) is 14.8. The van der Waals surface area contributed by atoms with Crippen LogP contribution in [0.2, 0.25) is 0 Å². The third-order valence-corrected chi connectivity index (χ3v) is 2.80. The Hall–Kier alpha value is -1.26. The van der Waals surface area contributed by atoms with Gasteiger partial charge in [-0.1, -0.05) is 34.6 Å². The highest BCUT2D eigenvalue weighted by Crippen LogP contribution is 2.17. The molecule has 1 atom stereocenters. The molecule has 0 radical (unpaired) electrons. The normalized spacial score (nSPS) is 13.8. The van der Waals surface area contributed by atoms with Crippen molar-refractivity contribution in [2.75, 3.05) is 6.54 Å². The van der Waals surface area contributed by atoms with E-state index in [2.05, 4.69) is 31.4 Å². The molecule has 0 aliphatic rings. The number of hydrogen-bond acceptors (Lipinski definition) is 3. The molecule has 0 aromatic carbocycles. The largest absolute Gasteiger partial charge is 0.444 e. The lowest BCUT2D eigenvalue weighted by molar-refractivity contribution is -0.124. The molecule has 5 nitrogen and oxygen atoms in total. The fraction of sp³-hybridized carbons (Fsp3) is 0.875. The first-order valence-electron chi connectivity index (χ1n) is 7.59. The standard InChI is InChI=1S/C16H32N2O3/c1-11(2)12(18-14(20)21-16(6,7)8)13(19)17-10-9-15(3,4)5/h11-12H,9-10H2,1-8H3,(H,17,19)(H,18,20). The minimum absolute atomic E-state index is 0.00726. The van der Waals surface area contributed by atoms with E-state index in [1.807, 2.05) is 13.8 Å². The van der Waals surface area contributed by atoms with E-state index in [-0.39, 0.29) is 17.2 Å². The molecule has 0 aromatic heterocycles. The van der Waals surface area contributed by atoms with E-state index < -0.39 is 17.7 Å². The van der Waals surface area contributed by atoms with Crippen LogP contribution in [0.5, 0.6) is 0 Å². The highest BCUT2D eigenvalue weighted by molar-refractivity contribution is 5.85. The molecule has 0 aliphatic carbocycles. The minimum Gasteiger partial charge on any atom is -0.444 e. The summed E-state index contributed by atoms with van der Waals surface area (Å²) in [6.45, 7) is 16.1. The molecule has 0 spiro atoms. The van der Waals surface area contributed by atoms with Crippen molar-refractivity contribution in [1.29, 1.82) is 0 Å². The fourth-order valence-corrected chi connectivity index (χ4v) is 1.64. The Labute approximate surface area is 129 Å². The van der Waals surface area contributed by atoms with Crippen LogP contribution in [0.25, 0.3) is 0 Å². The Morgan fingerprint density at radius 1 is 1.05 bits per heavy atom. The van der Waals surface area contributed by atoms with Crippen LogP contribution >= 0.6 is 0 Å². The lowest BCUT2D eigenvalue weighted by atomic mass is 9.92. The van der Waals surface area contributed by atoms with Crippen LogP contribution in [0.3, 0.4) is 0 Å². The molecule has 1 unspecified atom stereocenters. The summed E-state index contributed by atoms with van der Waals surface area (Å²) in [4.78, 5) is 24.0. The number of amides is 2. The van der Waals surface area contributed by atoms with Crippen molar-refractivity contribution in [1.82, 2.24) is 10.6 Å². The smallest absolute Gasteiger partial charge is 0.408 e. The number of carbonyl (C=O) groups excluding carboxylic acids is 2. The van der Waals surface area contributed by atoms with Crippen molar-refractivity contribution < 1.29 is 14.3 Å². The van der Waals surface area contributed by atoms with Crippen LogP contribution in [-0.4, -0.2) is 30.2 Å². The predicted octanol–water partition coefficient (Wildman–Crippen LogP) is 3.09. The first-order valence-corrected chi connectivity index (χ1v) is 7.59. The quantitative estimate of drug-likeness (QED) is 0.820. The second-order valence-corrected chi connectivity index (χ2v) is 7.97. The van der Waals surface area contributed by atoms with E-state index in [0.717, 1.165) is 6.42 Å². The SMILES string of the molecule is CC(C)C(NC(=O)OC(C)(C)C)C(=O)NCCC(C)(C)C. The van der Waals surface area contributed by atoms with E-state index in [1.165, 1.54) is 0 Å². The van der Waals surface area contributed by atoms with E-state index in [1.54, 1.807) is 20.8 Å². The van der Waals surface area contributed by atoms with Gasteiger partial charge in [0.15, 0.2) is 0 Å². The molecule has 124 valence electrons. The molecule has 0 rings (SSSR count). The van der Waals surface area contributed by atoms with E-state index in [0.29, 0.717) is 6.54 Å². The van der Waals surface area contributed by atoms with Gasteiger partial charge in [0.2, 0.25) is 5.91 Å². The molecule has 0 aromatic rings. The molecule has 0 aliphatic heterocycles. The van der Waals surface area contributed by atoms with Crippen molar-refractivity contribution in [3.63, 3.8) is 0 Å². The zero-order valence-corrected chi connectivity index (χ0v) is 14.8. The first-order chi connectivity index (χ1) is 9.32. The molecule has 0 fully saturated rings. The van der Waals surface area contributed by atoms with Gasteiger partial charge in [0, 0.05) is 6.54 Å². The molecule has 2 N–H and O–H groups in total. The summed E-state index contributed by atoms with van der Waals surface area (Å²) in [5.74, 6) is -0.174. The van der Waals surface area contributed by atoms with Crippen LogP contribution in [0.15, 0.2) is 0 Å². The van der Waals surface area contributed by atoms with Crippen LogP contribution in [0, 0.1) is 11.3 Å². The summed E-state index contributed by atoms with van der Waals surface area (Å²) in [7, 11) is 0. The van der Waals surface area contributed by atoms with Crippen molar-refractivity contribution in [3.05, 3.63) is 0 Å². The van der Waals surface area contributed by atoms with Crippen LogP contribution in [0.1, 0.15) is 61.8 Å². The molecule has 0 bridgehead atoms. The summed E-state index contributed by atoms with van der Waals surface area (Å²) in [5, 5.41) is 5.53. The number of carbonyl (C=O) groups is 2. The van der Waals surface area contributed by atoms with E-state index >= 15 is 0 Å². The summed E-state index contributed by atoms with van der Waals surface area (Å²) < 4.78 is 5.20. The second-order valence-electron chi connectivity index (χ2n) is 7.97. The minimum atomic E-state index is -0.584. The highest BCUT2D eigenvalue weighted by atomic mass is 16.6. The van der Waals surface area contributed by atoms with Gasteiger partial charge in [-0.3, -0.25) is 4.79 Å². The highest BCUT2D eigenvalue weighted by Gasteiger charge is 2.26. The number of alkyl carbamates (subject to hydrolysis) is 1. The molecule has 21 heavy (non-hydrogen) atoms. The Morgan fingerprint density at radius 2 is 1.57 bits per heavy atom. The molecule has 0 saturated carbocycles. The summed E-state index contributed by atoms with van der Waals surface area (Å²) in [6, 6.07) is -0.584. The van der Waals surface area contributed by atoms with Gasteiger partial charge in [-0.25, -0.2) is 4.79 Å². The maximum absolute atomic E-state index is 12.2. The van der Waals surface area contributed by atoms with Crippen LogP contribution < -0.4 is 10.6 Å². The van der Waals surface area contributed by atoms with Crippen LogP contribution in [-0.2, 0) is 9.53 Å². The molecule has 0 saturated heterocycles. The third-order valence-electron chi connectivity index (χ3n) is 2.80. The Morgan fingerprint density at radius 3 is 1.95 bits per heavy atom. The number of ether oxygens (including phenoxy) is 1. The molecular formula is C16H32N2O3. The number of rotatable bonds is 5. The van der Waals surface area contributed by atoms with Gasteiger partial charge in [0.25, 0.3) is 0 Å². The first kappa shape index (κ1) is 19.7. The van der Waals surface area contributed by atoms with Crippen molar-refractivity contribution in [3.8, 4) is 0 Å². The molecular weight excluding hydrogens is 268 g/mol. The number of hydrogen-bond donors (Lipinski definition) is 2. The molecule has 0 heterocycles. The van der Waals surface area contributed by atoms with Crippen molar-refractivity contribution in [2.24, 2.45) is 11.3 Å². The molecule has 2 amide bonds. The molecule has 5 heteroatoms. The van der Waals surface area contributed by atoms with E-state index in [9.17, 15) is 9.59 Å². The van der Waals surface area contributed by atoms with Crippen molar-refractivity contribution >= 4 is 12.0 Å². The van der Waals surface area contributed by atoms with Crippen LogP contribution in [0.4, 0.5) is 4.79 Å². The fourth-order valence-electron chi connectivity index (χ4n) is 1.64. The van der Waals surface area contributed by atoms with Gasteiger partial charge >= 0.3 is 6.09 Å². The van der Waals surface area contributed by atoms with Gasteiger partial charge in [0.1, 0.15) is 11.6 Å². The second kappa shape index (κ2) is 7.66. The van der Waals surface area contributed by atoms with Gasteiger partial charge < -0.3 is 15.4 Å². The lowest BCUT2D eigenvalue weighted by Crippen LogP contribution is -2.51. The van der Waals surface area contributed by atoms with Crippen molar-refractivity contribution in [2.45, 2.75) is 73.5 Å². The Balaban J connectivity index is 4.48. The summed E-state index contributed by atoms with van der Waals surface area (Å²) in [5.41, 5.74) is -0.409. The Kier molecular flexibility index (Phi) is 7.20. The number of nitrogens with one attached hydrogen (secondary N) is 2. The monoisotopic (exact) mass is 300 g/mol. The van der Waals surface area contributed by atoms with Gasteiger partial charge in [-0.2, -0.15) is 0 Å². The topological polar surface area (TPSA) is 67.4 Å². The third kappa shape index (κ3) is 10.2. The van der Waals surface area contributed by atoms with Gasteiger partial charge in [-0.15, -0.1) is 0 Å². The summed E-state index contributed by atoms with van der Waals surface area (Å²) in [6.07, 6.45) is 0.322. The maximum Gasteiger partial charge on any atom is 0.408 e.